The van der Waals surface area contributed by atoms with Gasteiger partial charge < -0.3 is 15.5 Å². The first-order valence-corrected chi connectivity index (χ1v) is 8.23. The van der Waals surface area contributed by atoms with Crippen molar-refractivity contribution in [3.05, 3.63) is 23.9 Å². The molecule has 2 N–H and O–H groups in total. The van der Waals surface area contributed by atoms with Gasteiger partial charge in [-0.25, -0.2) is 4.98 Å². The normalized spacial score (nSPS) is 22.5. The Kier molecular flexibility index (Phi) is 7.32. The summed E-state index contributed by atoms with van der Waals surface area (Å²) >= 11 is 0. The van der Waals surface area contributed by atoms with E-state index in [0.29, 0.717) is 12.1 Å². The van der Waals surface area contributed by atoms with Crippen LogP contribution in [0.1, 0.15) is 43.5 Å². The monoisotopic (exact) mass is 374 g/mol. The van der Waals surface area contributed by atoms with Crippen molar-refractivity contribution in [1.29, 1.82) is 0 Å². The molecule has 24 heavy (non-hydrogen) atoms. The maximum absolute atomic E-state index is 12.7. The van der Waals surface area contributed by atoms with Crippen LogP contribution in [0.4, 0.5) is 5.82 Å². The van der Waals surface area contributed by atoms with Gasteiger partial charge in [-0.1, -0.05) is 13.8 Å². The van der Waals surface area contributed by atoms with Crippen molar-refractivity contribution in [2.24, 2.45) is 11.1 Å². The fourth-order valence-corrected chi connectivity index (χ4v) is 3.38. The highest BCUT2D eigenvalue weighted by Gasteiger charge is 2.35. The van der Waals surface area contributed by atoms with E-state index in [1.54, 1.807) is 6.20 Å². The van der Waals surface area contributed by atoms with E-state index in [9.17, 15) is 4.79 Å². The van der Waals surface area contributed by atoms with Gasteiger partial charge in [0.25, 0.3) is 5.91 Å². The molecule has 1 aromatic rings. The number of carbonyl (C=O) groups excluding carboxylic acids is 1. The van der Waals surface area contributed by atoms with Crippen molar-refractivity contribution in [3.63, 3.8) is 0 Å². The molecule has 3 rings (SSSR count). The van der Waals surface area contributed by atoms with Crippen LogP contribution in [0, 0.1) is 5.41 Å². The van der Waals surface area contributed by atoms with E-state index >= 15 is 0 Å². The van der Waals surface area contributed by atoms with Crippen LogP contribution in [-0.2, 0) is 0 Å². The zero-order valence-electron chi connectivity index (χ0n) is 14.4. The Hall–Kier alpha value is -1.04. The van der Waals surface area contributed by atoms with E-state index in [0.717, 1.165) is 31.9 Å². The Morgan fingerprint density at radius 2 is 1.88 bits per heavy atom. The summed E-state index contributed by atoms with van der Waals surface area (Å²) in [5.74, 6) is 1.05. The average molecular weight is 375 g/mol. The van der Waals surface area contributed by atoms with Crippen LogP contribution >= 0.6 is 24.8 Å². The number of rotatable bonds is 2. The molecule has 136 valence electrons. The zero-order chi connectivity index (χ0) is 15.7. The summed E-state index contributed by atoms with van der Waals surface area (Å²) in [5, 5.41) is 0. The van der Waals surface area contributed by atoms with Gasteiger partial charge >= 0.3 is 0 Å². The van der Waals surface area contributed by atoms with Crippen molar-refractivity contribution in [2.75, 3.05) is 31.1 Å². The molecule has 1 unspecified atom stereocenters. The molecule has 0 saturated carbocycles. The summed E-state index contributed by atoms with van der Waals surface area (Å²) in [5.41, 5.74) is 6.79. The van der Waals surface area contributed by atoms with E-state index < -0.39 is 0 Å². The maximum Gasteiger partial charge on any atom is 0.255 e. The lowest BCUT2D eigenvalue weighted by Crippen LogP contribution is -2.54. The SMILES string of the molecule is CC1(C)CN(C(=O)c2ccc(N3CCCC3)nc2)CCC1N.Cl.Cl. The number of halogens is 2. The third-order valence-electron chi connectivity index (χ3n) is 5.02. The summed E-state index contributed by atoms with van der Waals surface area (Å²) in [6.45, 7) is 7.84. The quantitative estimate of drug-likeness (QED) is 0.864. The number of carbonyl (C=O) groups is 1. The largest absolute Gasteiger partial charge is 0.357 e. The molecule has 0 aromatic carbocycles. The van der Waals surface area contributed by atoms with Gasteiger partial charge in [0.2, 0.25) is 0 Å². The number of likely N-dealkylation sites (tertiary alicyclic amines) is 1. The Morgan fingerprint density at radius 3 is 2.42 bits per heavy atom. The van der Waals surface area contributed by atoms with Gasteiger partial charge in [-0.3, -0.25) is 4.79 Å². The molecule has 0 radical (unpaired) electrons. The minimum absolute atomic E-state index is 0. The fourth-order valence-electron chi connectivity index (χ4n) is 3.38. The van der Waals surface area contributed by atoms with Crippen LogP contribution in [-0.4, -0.2) is 48.0 Å². The fraction of sp³-hybridized carbons (Fsp3) is 0.647. The minimum atomic E-state index is -0.0309. The van der Waals surface area contributed by atoms with Gasteiger partial charge in [-0.15, -0.1) is 24.8 Å². The number of piperidine rings is 1. The van der Waals surface area contributed by atoms with Crippen LogP contribution in [0.25, 0.3) is 0 Å². The van der Waals surface area contributed by atoms with Gasteiger partial charge in [0.15, 0.2) is 0 Å². The van der Waals surface area contributed by atoms with Crippen molar-refractivity contribution in [2.45, 2.75) is 39.2 Å². The molecule has 3 heterocycles. The Morgan fingerprint density at radius 1 is 1.21 bits per heavy atom. The highest BCUT2D eigenvalue weighted by Crippen LogP contribution is 2.28. The Labute approximate surface area is 156 Å². The lowest BCUT2D eigenvalue weighted by molar-refractivity contribution is 0.0532. The number of amides is 1. The van der Waals surface area contributed by atoms with Gasteiger partial charge in [0, 0.05) is 38.4 Å². The molecule has 2 aliphatic rings. The van der Waals surface area contributed by atoms with E-state index in [4.69, 9.17) is 5.73 Å². The number of nitrogens with zero attached hydrogens (tertiary/aromatic N) is 3. The van der Waals surface area contributed by atoms with Gasteiger partial charge in [0.1, 0.15) is 5.82 Å². The average Bonchev–Trinajstić information content (AvgIpc) is 3.04. The van der Waals surface area contributed by atoms with Crippen molar-refractivity contribution in [3.8, 4) is 0 Å². The van der Waals surface area contributed by atoms with E-state index in [-0.39, 0.29) is 42.2 Å². The van der Waals surface area contributed by atoms with Gasteiger partial charge in [-0.2, -0.15) is 0 Å². The minimum Gasteiger partial charge on any atom is -0.357 e. The molecule has 2 fully saturated rings. The highest BCUT2D eigenvalue weighted by molar-refractivity contribution is 5.94. The summed E-state index contributed by atoms with van der Waals surface area (Å²) < 4.78 is 0. The summed E-state index contributed by atoms with van der Waals surface area (Å²) in [6.07, 6.45) is 5.03. The second-order valence-electron chi connectivity index (χ2n) is 7.21. The standard InChI is InChI=1S/C17H26N4O.2ClH/c1-17(2)12-21(10-7-14(17)18)16(22)13-5-6-15(19-11-13)20-8-3-4-9-20;;/h5-6,11,14H,3-4,7-10,12,18H2,1-2H3;2*1H. The molecular formula is C17H28Cl2N4O. The first-order chi connectivity index (χ1) is 10.5. The molecule has 0 bridgehead atoms. The van der Waals surface area contributed by atoms with Crippen LogP contribution in [0.3, 0.4) is 0 Å². The maximum atomic E-state index is 12.7. The molecule has 0 spiro atoms. The van der Waals surface area contributed by atoms with Crippen LogP contribution in [0.2, 0.25) is 0 Å². The molecule has 7 heteroatoms. The van der Waals surface area contributed by atoms with Crippen molar-refractivity contribution >= 4 is 36.5 Å². The summed E-state index contributed by atoms with van der Waals surface area (Å²) in [4.78, 5) is 21.3. The molecule has 1 atom stereocenters. The smallest absolute Gasteiger partial charge is 0.255 e. The van der Waals surface area contributed by atoms with E-state index in [2.05, 4.69) is 23.7 Å². The summed E-state index contributed by atoms with van der Waals surface area (Å²) in [7, 11) is 0. The molecule has 2 saturated heterocycles. The van der Waals surface area contributed by atoms with Crippen LogP contribution in [0.15, 0.2) is 18.3 Å². The number of anilines is 1. The van der Waals surface area contributed by atoms with Crippen molar-refractivity contribution < 1.29 is 4.79 Å². The summed E-state index contributed by atoms with van der Waals surface area (Å²) in [6, 6.07) is 4.04. The van der Waals surface area contributed by atoms with Crippen molar-refractivity contribution in [1.82, 2.24) is 9.88 Å². The van der Waals surface area contributed by atoms with Gasteiger partial charge in [0.05, 0.1) is 5.56 Å². The third kappa shape index (κ3) is 4.32. The highest BCUT2D eigenvalue weighted by atomic mass is 35.5. The Balaban J connectivity index is 0.00000144. The predicted octanol–water partition coefficient (Wildman–Crippen LogP) is 2.72. The topological polar surface area (TPSA) is 62.5 Å². The predicted molar refractivity (Wildman–Crippen MR) is 102 cm³/mol. The number of nitrogens with two attached hydrogens (primary N) is 1. The van der Waals surface area contributed by atoms with Crippen LogP contribution < -0.4 is 10.6 Å². The zero-order valence-corrected chi connectivity index (χ0v) is 16.0. The first-order valence-electron chi connectivity index (χ1n) is 8.23. The number of aromatic nitrogens is 1. The number of hydrogen-bond donors (Lipinski definition) is 1. The van der Waals surface area contributed by atoms with E-state index in [1.807, 2.05) is 17.0 Å². The lowest BCUT2D eigenvalue weighted by atomic mass is 9.79. The number of pyridine rings is 1. The van der Waals surface area contributed by atoms with Crippen LogP contribution in [0.5, 0.6) is 0 Å². The molecule has 1 aromatic heterocycles. The molecule has 5 nitrogen and oxygen atoms in total. The second-order valence-corrected chi connectivity index (χ2v) is 7.21. The lowest BCUT2D eigenvalue weighted by Gasteiger charge is -2.42. The number of hydrogen-bond acceptors (Lipinski definition) is 4. The molecule has 2 aliphatic heterocycles. The second kappa shape index (κ2) is 8.37. The first kappa shape index (κ1) is 21.0. The third-order valence-corrected chi connectivity index (χ3v) is 5.02. The van der Waals surface area contributed by atoms with E-state index in [1.165, 1.54) is 12.8 Å². The molecular weight excluding hydrogens is 347 g/mol. The van der Waals surface area contributed by atoms with Gasteiger partial charge in [-0.05, 0) is 36.8 Å². The Bertz CT molecular complexity index is 544. The molecule has 1 amide bonds. The molecule has 0 aliphatic carbocycles.